The summed E-state index contributed by atoms with van der Waals surface area (Å²) in [6.07, 6.45) is 93.0. The predicted molar refractivity (Wildman–Crippen MR) is 344 cm³/mol. The third-order valence-electron chi connectivity index (χ3n) is 16.1. The SMILES string of the molecule is CCCCCCC/C=C\C/C=C\C/C=C\CCCCCCCCCCC(=O)OC(CO)COC(=O)CCCCCCCCCCCCCCCCCCCCCCCCCCCCCCC/C=C\CCCCCCCCCC. The first-order chi connectivity index (χ1) is 38.6. The van der Waals surface area contributed by atoms with Gasteiger partial charge < -0.3 is 14.6 Å². The van der Waals surface area contributed by atoms with Gasteiger partial charge in [0.1, 0.15) is 6.61 Å². The van der Waals surface area contributed by atoms with Crippen LogP contribution in [0.15, 0.2) is 48.6 Å². The predicted octanol–water partition coefficient (Wildman–Crippen LogP) is 24.3. The largest absolute Gasteiger partial charge is 0.462 e. The van der Waals surface area contributed by atoms with Crippen molar-refractivity contribution in [2.45, 2.75) is 392 Å². The Labute approximate surface area is 488 Å². The number of aliphatic hydroxyl groups excluding tert-OH is 1. The maximum atomic E-state index is 12.3. The second-order valence-corrected chi connectivity index (χ2v) is 24.0. The molecule has 0 bridgehead atoms. The van der Waals surface area contributed by atoms with Crippen molar-refractivity contribution >= 4 is 11.9 Å². The lowest BCUT2D eigenvalue weighted by Gasteiger charge is -2.15. The van der Waals surface area contributed by atoms with E-state index < -0.39 is 6.10 Å². The third kappa shape index (κ3) is 66.4. The second kappa shape index (κ2) is 69.1. The first kappa shape index (κ1) is 75.9. The van der Waals surface area contributed by atoms with Gasteiger partial charge in [-0.25, -0.2) is 0 Å². The minimum atomic E-state index is -0.777. The number of rotatable bonds is 66. The van der Waals surface area contributed by atoms with E-state index in [9.17, 15) is 14.7 Å². The number of unbranched alkanes of at least 4 members (excludes halogenated alkanes) is 50. The Hall–Kier alpha value is -2.14. The topological polar surface area (TPSA) is 72.8 Å². The molecule has 0 heterocycles. The van der Waals surface area contributed by atoms with Crippen LogP contribution in [0.4, 0.5) is 0 Å². The molecule has 0 aromatic carbocycles. The molecular weight excluding hydrogens is 957 g/mol. The molecule has 0 aliphatic heterocycles. The maximum Gasteiger partial charge on any atom is 0.306 e. The molecule has 1 unspecified atom stereocenters. The van der Waals surface area contributed by atoms with Crippen LogP contribution < -0.4 is 0 Å². The summed E-state index contributed by atoms with van der Waals surface area (Å²) in [7, 11) is 0. The van der Waals surface area contributed by atoms with Gasteiger partial charge in [0.2, 0.25) is 0 Å². The van der Waals surface area contributed by atoms with Crippen molar-refractivity contribution in [2.75, 3.05) is 13.2 Å². The monoisotopic (exact) mass is 1090 g/mol. The summed E-state index contributed by atoms with van der Waals surface area (Å²) in [6.45, 7) is 4.17. The van der Waals surface area contributed by atoms with E-state index in [0.717, 1.165) is 51.4 Å². The Morgan fingerprint density at radius 1 is 0.295 bits per heavy atom. The second-order valence-electron chi connectivity index (χ2n) is 24.0. The molecule has 0 aromatic rings. The summed E-state index contributed by atoms with van der Waals surface area (Å²) in [5.41, 5.74) is 0. The van der Waals surface area contributed by atoms with Crippen LogP contribution in [0.25, 0.3) is 0 Å². The fraction of sp³-hybridized carbons (Fsp3) is 0.863. The van der Waals surface area contributed by atoms with Crippen molar-refractivity contribution < 1.29 is 24.2 Å². The van der Waals surface area contributed by atoms with Crippen LogP contribution in [0.1, 0.15) is 386 Å². The zero-order valence-corrected chi connectivity index (χ0v) is 52.7. The first-order valence-electron chi connectivity index (χ1n) is 35.2. The number of hydrogen-bond acceptors (Lipinski definition) is 5. The Bertz CT molecular complexity index is 1280. The molecule has 0 radical (unpaired) electrons. The highest BCUT2D eigenvalue weighted by Crippen LogP contribution is 2.19. The molecule has 1 atom stereocenters. The van der Waals surface area contributed by atoms with E-state index in [1.807, 2.05) is 0 Å². The quantitative estimate of drug-likeness (QED) is 0.0373. The van der Waals surface area contributed by atoms with Crippen LogP contribution in [-0.2, 0) is 19.1 Å². The molecule has 0 fully saturated rings. The van der Waals surface area contributed by atoms with E-state index >= 15 is 0 Å². The van der Waals surface area contributed by atoms with Crippen LogP contribution >= 0.6 is 0 Å². The Balaban J connectivity index is 3.38. The van der Waals surface area contributed by atoms with Gasteiger partial charge >= 0.3 is 11.9 Å². The lowest BCUT2D eigenvalue weighted by Crippen LogP contribution is -2.28. The van der Waals surface area contributed by atoms with E-state index in [1.165, 1.54) is 308 Å². The van der Waals surface area contributed by atoms with E-state index in [2.05, 4.69) is 62.5 Å². The van der Waals surface area contributed by atoms with Crippen LogP contribution in [0.2, 0.25) is 0 Å². The lowest BCUT2D eigenvalue weighted by molar-refractivity contribution is -0.161. The molecule has 458 valence electrons. The number of ether oxygens (including phenoxy) is 2. The van der Waals surface area contributed by atoms with Gasteiger partial charge in [0.05, 0.1) is 6.61 Å². The number of esters is 2. The van der Waals surface area contributed by atoms with Crippen molar-refractivity contribution in [3.05, 3.63) is 48.6 Å². The van der Waals surface area contributed by atoms with Gasteiger partial charge in [-0.2, -0.15) is 0 Å². The summed E-state index contributed by atoms with van der Waals surface area (Å²) < 4.78 is 10.7. The number of allylic oxidation sites excluding steroid dienone is 8. The van der Waals surface area contributed by atoms with Gasteiger partial charge in [-0.05, 0) is 77.0 Å². The van der Waals surface area contributed by atoms with Crippen molar-refractivity contribution in [1.29, 1.82) is 0 Å². The maximum absolute atomic E-state index is 12.3. The van der Waals surface area contributed by atoms with E-state index in [1.54, 1.807) is 0 Å². The third-order valence-corrected chi connectivity index (χ3v) is 16.1. The highest BCUT2D eigenvalue weighted by molar-refractivity contribution is 5.70. The van der Waals surface area contributed by atoms with E-state index in [0.29, 0.717) is 12.8 Å². The summed E-state index contributed by atoms with van der Waals surface area (Å²) >= 11 is 0. The molecule has 0 amide bonds. The molecule has 0 aromatic heterocycles. The first-order valence-corrected chi connectivity index (χ1v) is 35.2. The van der Waals surface area contributed by atoms with Gasteiger partial charge in [0.25, 0.3) is 0 Å². The highest BCUT2D eigenvalue weighted by atomic mass is 16.6. The van der Waals surface area contributed by atoms with E-state index in [-0.39, 0.29) is 25.2 Å². The number of hydrogen-bond donors (Lipinski definition) is 1. The van der Waals surface area contributed by atoms with Gasteiger partial charge in [0, 0.05) is 12.8 Å². The van der Waals surface area contributed by atoms with Crippen LogP contribution in [0.5, 0.6) is 0 Å². The van der Waals surface area contributed by atoms with Crippen LogP contribution in [-0.4, -0.2) is 36.4 Å². The minimum Gasteiger partial charge on any atom is -0.462 e. The van der Waals surface area contributed by atoms with Gasteiger partial charge in [-0.15, -0.1) is 0 Å². The average molecular weight is 1090 g/mol. The number of carbonyl (C=O) groups excluding carboxylic acids is 2. The van der Waals surface area contributed by atoms with Crippen molar-refractivity contribution in [1.82, 2.24) is 0 Å². The highest BCUT2D eigenvalue weighted by Gasteiger charge is 2.16. The molecule has 0 saturated carbocycles. The summed E-state index contributed by atoms with van der Waals surface area (Å²) in [5.74, 6) is -0.581. The fourth-order valence-corrected chi connectivity index (χ4v) is 10.8. The Morgan fingerprint density at radius 3 is 0.782 bits per heavy atom. The Kier molecular flexibility index (Phi) is 67.2. The van der Waals surface area contributed by atoms with Gasteiger partial charge in [-0.1, -0.05) is 345 Å². The summed E-state index contributed by atoms with van der Waals surface area (Å²) in [5, 5.41) is 9.69. The smallest absolute Gasteiger partial charge is 0.306 e. The number of carbonyl (C=O) groups is 2. The molecule has 78 heavy (non-hydrogen) atoms. The minimum absolute atomic E-state index is 0.0654. The molecule has 5 heteroatoms. The fourth-order valence-electron chi connectivity index (χ4n) is 10.8. The zero-order valence-electron chi connectivity index (χ0n) is 52.7. The summed E-state index contributed by atoms with van der Waals surface area (Å²) in [4.78, 5) is 24.6. The van der Waals surface area contributed by atoms with Crippen LogP contribution in [0, 0.1) is 0 Å². The molecule has 1 N–H and O–H groups in total. The van der Waals surface area contributed by atoms with Crippen LogP contribution in [0.3, 0.4) is 0 Å². The zero-order chi connectivity index (χ0) is 56.2. The van der Waals surface area contributed by atoms with E-state index in [4.69, 9.17) is 9.47 Å². The Morgan fingerprint density at radius 2 is 0.513 bits per heavy atom. The van der Waals surface area contributed by atoms with Crippen molar-refractivity contribution in [2.24, 2.45) is 0 Å². The van der Waals surface area contributed by atoms with Gasteiger partial charge in [-0.3, -0.25) is 9.59 Å². The van der Waals surface area contributed by atoms with Gasteiger partial charge in [0.15, 0.2) is 6.10 Å². The molecule has 0 aliphatic rings. The number of aliphatic hydroxyl groups is 1. The molecule has 5 nitrogen and oxygen atoms in total. The van der Waals surface area contributed by atoms with Crippen molar-refractivity contribution in [3.63, 3.8) is 0 Å². The average Bonchev–Trinajstić information content (AvgIpc) is 3.44. The standard InChI is InChI=1S/C73H136O5/c1-3-5-7-9-11-13-15-17-19-21-23-25-27-28-29-30-31-32-33-34-35-36-37-38-39-40-41-42-43-44-46-47-49-51-53-55-57-59-61-63-65-67-72(75)77-70-71(69-74)78-73(76)68-66-64-62-60-58-56-54-52-50-48-45-26-24-22-20-18-16-14-12-10-8-6-4-2/h16,18,21-24,45,48,71,74H,3-15,17,19-20,25-44,46-47,49-70H2,1-2H3/b18-16-,23-21-,24-22-,48-45-. The van der Waals surface area contributed by atoms with Crippen molar-refractivity contribution in [3.8, 4) is 0 Å². The molecule has 0 saturated heterocycles. The normalized spacial score (nSPS) is 12.4. The molecule has 0 spiro atoms. The molecule has 0 aliphatic carbocycles. The molecule has 0 rings (SSSR count). The molecular formula is C73H136O5. The summed E-state index contributed by atoms with van der Waals surface area (Å²) in [6, 6.07) is 0. The lowest BCUT2D eigenvalue weighted by atomic mass is 10.0.